The Morgan fingerprint density at radius 1 is 1.25 bits per heavy atom. The van der Waals surface area contributed by atoms with E-state index in [9.17, 15) is 9.59 Å². The van der Waals surface area contributed by atoms with Gasteiger partial charge in [-0.2, -0.15) is 5.10 Å². The summed E-state index contributed by atoms with van der Waals surface area (Å²) in [5.74, 6) is 0.477. The third-order valence-corrected chi connectivity index (χ3v) is 4.00. The summed E-state index contributed by atoms with van der Waals surface area (Å²) in [6.45, 7) is 4.53. The van der Waals surface area contributed by atoms with Crippen molar-refractivity contribution in [1.29, 1.82) is 0 Å². The summed E-state index contributed by atoms with van der Waals surface area (Å²) in [5, 5.41) is 7.12. The van der Waals surface area contributed by atoms with Gasteiger partial charge >= 0.3 is 6.03 Å². The summed E-state index contributed by atoms with van der Waals surface area (Å²) in [4.78, 5) is 28.2. The van der Waals surface area contributed by atoms with E-state index in [1.165, 1.54) is 0 Å². The first-order valence-corrected chi connectivity index (χ1v) is 7.99. The Hall–Kier alpha value is -2.77. The van der Waals surface area contributed by atoms with Gasteiger partial charge in [-0.05, 0) is 19.1 Å². The molecule has 1 N–H and O–H groups in total. The molecule has 0 bridgehead atoms. The van der Waals surface area contributed by atoms with Crippen LogP contribution in [0.15, 0.2) is 29.0 Å². The highest BCUT2D eigenvalue weighted by molar-refractivity contribution is 5.99. The lowest BCUT2D eigenvalue weighted by atomic mass is 10.1. The molecular formula is C16H21N5O3. The minimum atomic E-state index is -0.0925. The molecular weight excluding hydrogens is 310 g/mol. The van der Waals surface area contributed by atoms with Crippen molar-refractivity contribution in [2.24, 2.45) is 7.05 Å². The van der Waals surface area contributed by atoms with Gasteiger partial charge in [-0.25, -0.2) is 4.79 Å². The zero-order chi connectivity index (χ0) is 17.1. The number of nitrogens with one attached hydrogen (secondary N) is 1. The molecule has 0 unspecified atom stereocenters. The molecule has 3 rings (SSSR count). The largest absolute Gasteiger partial charge is 0.463 e. The normalized spacial score (nSPS) is 14.8. The van der Waals surface area contributed by atoms with Crippen LogP contribution >= 0.6 is 0 Å². The molecule has 0 aliphatic carbocycles. The average molecular weight is 331 g/mol. The lowest BCUT2D eigenvalue weighted by molar-refractivity contribution is 0.0666. The first-order chi connectivity index (χ1) is 11.6. The molecule has 1 aliphatic rings. The number of hydrogen-bond acceptors (Lipinski definition) is 4. The van der Waals surface area contributed by atoms with Crippen molar-refractivity contribution in [1.82, 2.24) is 24.9 Å². The summed E-state index contributed by atoms with van der Waals surface area (Å²) < 4.78 is 6.99. The number of piperazine rings is 1. The van der Waals surface area contributed by atoms with Crippen molar-refractivity contribution in [3.8, 4) is 11.5 Å². The topological polar surface area (TPSA) is 83.6 Å². The quantitative estimate of drug-likeness (QED) is 0.915. The molecule has 8 nitrogen and oxygen atoms in total. The Morgan fingerprint density at radius 2 is 1.96 bits per heavy atom. The Kier molecular flexibility index (Phi) is 4.54. The fraction of sp³-hybridized carbons (Fsp3) is 0.438. The third-order valence-electron chi connectivity index (χ3n) is 4.00. The SMILES string of the molecule is CCNC(=O)N1CCN(C(=O)c2cn(C)nc2-c2ccco2)CC1. The molecule has 2 aromatic heterocycles. The maximum Gasteiger partial charge on any atom is 0.317 e. The van der Waals surface area contributed by atoms with Crippen LogP contribution in [0.2, 0.25) is 0 Å². The zero-order valence-electron chi connectivity index (χ0n) is 13.9. The van der Waals surface area contributed by atoms with Gasteiger partial charge in [-0.15, -0.1) is 0 Å². The van der Waals surface area contributed by atoms with E-state index in [1.54, 1.807) is 46.1 Å². The molecule has 3 heterocycles. The molecule has 0 atom stereocenters. The highest BCUT2D eigenvalue weighted by atomic mass is 16.3. The number of urea groups is 1. The summed E-state index contributed by atoms with van der Waals surface area (Å²) in [6, 6.07) is 3.47. The average Bonchev–Trinajstić information content (AvgIpc) is 3.23. The number of nitrogens with zero attached hydrogens (tertiary/aromatic N) is 4. The number of aryl methyl sites for hydroxylation is 1. The van der Waals surface area contributed by atoms with Gasteiger partial charge in [-0.3, -0.25) is 9.48 Å². The molecule has 0 aromatic carbocycles. The van der Waals surface area contributed by atoms with Crippen molar-refractivity contribution in [3.63, 3.8) is 0 Å². The lowest BCUT2D eigenvalue weighted by Gasteiger charge is -2.34. The smallest absolute Gasteiger partial charge is 0.317 e. The Morgan fingerprint density at radius 3 is 2.58 bits per heavy atom. The Balaban J connectivity index is 1.72. The van der Waals surface area contributed by atoms with Crippen molar-refractivity contribution in [2.75, 3.05) is 32.7 Å². The Labute approximate surface area is 140 Å². The molecule has 1 aliphatic heterocycles. The highest BCUT2D eigenvalue weighted by Crippen LogP contribution is 2.24. The maximum absolute atomic E-state index is 12.8. The fourth-order valence-electron chi connectivity index (χ4n) is 2.79. The van der Waals surface area contributed by atoms with Crippen molar-refractivity contribution < 1.29 is 14.0 Å². The lowest BCUT2D eigenvalue weighted by Crippen LogP contribution is -2.53. The van der Waals surface area contributed by atoms with Gasteiger partial charge in [-0.1, -0.05) is 0 Å². The predicted octanol–water partition coefficient (Wildman–Crippen LogP) is 1.17. The molecule has 3 amide bonds. The molecule has 1 saturated heterocycles. The van der Waals surface area contributed by atoms with Crippen LogP contribution in [0.1, 0.15) is 17.3 Å². The monoisotopic (exact) mass is 331 g/mol. The van der Waals surface area contributed by atoms with E-state index in [0.29, 0.717) is 49.7 Å². The van der Waals surface area contributed by atoms with Crippen LogP contribution in [0.5, 0.6) is 0 Å². The van der Waals surface area contributed by atoms with Gasteiger partial charge in [0.05, 0.1) is 11.8 Å². The van der Waals surface area contributed by atoms with Crippen molar-refractivity contribution >= 4 is 11.9 Å². The van der Waals surface area contributed by atoms with Crippen LogP contribution in [0.3, 0.4) is 0 Å². The molecule has 128 valence electrons. The van der Waals surface area contributed by atoms with Gasteiger partial charge in [0.1, 0.15) is 5.69 Å². The molecule has 0 radical (unpaired) electrons. The van der Waals surface area contributed by atoms with Gasteiger partial charge in [0.15, 0.2) is 5.76 Å². The minimum Gasteiger partial charge on any atom is -0.463 e. The second-order valence-electron chi connectivity index (χ2n) is 5.66. The number of aromatic nitrogens is 2. The summed E-state index contributed by atoms with van der Waals surface area (Å²) in [7, 11) is 1.77. The van der Waals surface area contributed by atoms with Gasteiger partial charge < -0.3 is 19.5 Å². The molecule has 0 spiro atoms. The van der Waals surface area contributed by atoms with E-state index in [-0.39, 0.29) is 11.9 Å². The second-order valence-corrected chi connectivity index (χ2v) is 5.66. The number of carbonyl (C=O) groups is 2. The van der Waals surface area contributed by atoms with E-state index in [1.807, 2.05) is 6.92 Å². The van der Waals surface area contributed by atoms with E-state index in [0.717, 1.165) is 0 Å². The first-order valence-electron chi connectivity index (χ1n) is 7.99. The summed E-state index contributed by atoms with van der Waals surface area (Å²) >= 11 is 0. The van der Waals surface area contributed by atoms with Crippen LogP contribution in [-0.2, 0) is 7.05 Å². The van der Waals surface area contributed by atoms with Crippen LogP contribution in [0, 0.1) is 0 Å². The third kappa shape index (κ3) is 3.12. The second kappa shape index (κ2) is 6.77. The molecule has 2 aromatic rings. The van der Waals surface area contributed by atoms with Crippen molar-refractivity contribution in [2.45, 2.75) is 6.92 Å². The van der Waals surface area contributed by atoms with Gasteiger partial charge in [0, 0.05) is 46.0 Å². The van der Waals surface area contributed by atoms with Crippen molar-refractivity contribution in [3.05, 3.63) is 30.2 Å². The highest BCUT2D eigenvalue weighted by Gasteiger charge is 2.28. The molecule has 1 fully saturated rings. The van der Waals surface area contributed by atoms with E-state index < -0.39 is 0 Å². The minimum absolute atomic E-state index is 0.0812. The van der Waals surface area contributed by atoms with E-state index in [4.69, 9.17) is 4.42 Å². The zero-order valence-corrected chi connectivity index (χ0v) is 13.9. The number of hydrogen-bond donors (Lipinski definition) is 1. The van der Waals surface area contributed by atoms with Gasteiger partial charge in [0.2, 0.25) is 0 Å². The first kappa shape index (κ1) is 16.1. The van der Waals surface area contributed by atoms with E-state index >= 15 is 0 Å². The van der Waals surface area contributed by atoms with Gasteiger partial charge in [0.25, 0.3) is 5.91 Å². The predicted molar refractivity (Wildman–Crippen MR) is 87.5 cm³/mol. The fourth-order valence-corrected chi connectivity index (χ4v) is 2.79. The van der Waals surface area contributed by atoms with Crippen LogP contribution in [0.4, 0.5) is 4.79 Å². The van der Waals surface area contributed by atoms with Crippen LogP contribution in [-0.4, -0.2) is 64.2 Å². The van der Waals surface area contributed by atoms with Crippen LogP contribution in [0.25, 0.3) is 11.5 Å². The maximum atomic E-state index is 12.8. The Bertz CT molecular complexity index is 714. The standard InChI is InChI=1S/C16H21N5O3/c1-3-17-16(23)21-8-6-20(7-9-21)15(22)12-11-19(2)18-14(12)13-5-4-10-24-13/h4-5,10-11H,3,6-9H2,1-2H3,(H,17,23). The number of carbonyl (C=O) groups excluding carboxylic acids is 2. The summed E-state index contributed by atoms with van der Waals surface area (Å²) in [5.41, 5.74) is 1.05. The van der Waals surface area contributed by atoms with Crippen LogP contribution < -0.4 is 5.32 Å². The van der Waals surface area contributed by atoms with E-state index in [2.05, 4.69) is 10.4 Å². The number of rotatable bonds is 3. The molecule has 8 heteroatoms. The molecule has 24 heavy (non-hydrogen) atoms. The summed E-state index contributed by atoms with van der Waals surface area (Å²) in [6.07, 6.45) is 3.26. The number of furan rings is 1. The molecule has 0 saturated carbocycles. The number of amides is 3.